The molecule has 0 aliphatic rings. The van der Waals surface area contributed by atoms with Crippen LogP contribution in [0.2, 0.25) is 0 Å². The van der Waals surface area contributed by atoms with Crippen molar-refractivity contribution in [2.45, 2.75) is 18.7 Å². The van der Waals surface area contributed by atoms with Crippen LogP contribution in [-0.4, -0.2) is 21.9 Å². The molecule has 1 amide bonds. The van der Waals surface area contributed by atoms with Crippen LogP contribution >= 0.6 is 11.8 Å². The first-order chi connectivity index (χ1) is 12.1. The minimum Gasteiger partial charge on any atom is -0.411 e. The maximum absolute atomic E-state index is 13.2. The van der Waals surface area contributed by atoms with E-state index in [0.717, 1.165) is 11.1 Å². The van der Waals surface area contributed by atoms with Crippen molar-refractivity contribution < 1.29 is 13.6 Å². The predicted octanol–water partition coefficient (Wildman–Crippen LogP) is 3.59. The maximum atomic E-state index is 13.2. The summed E-state index contributed by atoms with van der Waals surface area (Å²) < 4.78 is 18.7. The summed E-state index contributed by atoms with van der Waals surface area (Å²) >= 11 is 1.17. The monoisotopic (exact) mass is 357 g/mol. The van der Waals surface area contributed by atoms with Crippen LogP contribution < -0.4 is 5.32 Å². The van der Waals surface area contributed by atoms with Gasteiger partial charge in [-0.15, -0.1) is 10.2 Å². The number of amides is 1. The molecule has 5 nitrogen and oxygen atoms in total. The Morgan fingerprint density at radius 3 is 2.76 bits per heavy atom. The number of benzene rings is 2. The highest BCUT2D eigenvalue weighted by Crippen LogP contribution is 2.22. The van der Waals surface area contributed by atoms with E-state index < -0.39 is 0 Å². The molecule has 0 fully saturated rings. The lowest BCUT2D eigenvalue weighted by molar-refractivity contribution is -0.118. The molecule has 1 heterocycles. The van der Waals surface area contributed by atoms with Crippen molar-refractivity contribution in [2.24, 2.45) is 0 Å². The number of hydrogen-bond donors (Lipinski definition) is 1. The summed E-state index contributed by atoms with van der Waals surface area (Å²) in [7, 11) is 0. The number of hydrogen-bond acceptors (Lipinski definition) is 5. The van der Waals surface area contributed by atoms with Gasteiger partial charge in [-0.25, -0.2) is 4.39 Å². The van der Waals surface area contributed by atoms with Crippen molar-refractivity contribution in [3.63, 3.8) is 0 Å². The van der Waals surface area contributed by atoms with Crippen LogP contribution in [0.4, 0.5) is 4.39 Å². The number of carbonyl (C=O) groups excluding carboxylic acids is 1. The number of aryl methyl sites for hydroxylation is 1. The molecule has 3 rings (SSSR count). The van der Waals surface area contributed by atoms with Gasteiger partial charge in [-0.05, 0) is 36.2 Å². The zero-order valence-corrected chi connectivity index (χ0v) is 14.3. The molecule has 7 heteroatoms. The molecular weight excluding hydrogens is 341 g/mol. The Morgan fingerprint density at radius 1 is 1.20 bits per heavy atom. The Kier molecular flexibility index (Phi) is 5.45. The van der Waals surface area contributed by atoms with Gasteiger partial charge in [0.15, 0.2) is 0 Å². The molecule has 0 spiro atoms. The van der Waals surface area contributed by atoms with Gasteiger partial charge in [0, 0.05) is 12.1 Å². The zero-order chi connectivity index (χ0) is 17.6. The van der Waals surface area contributed by atoms with Crippen LogP contribution in [-0.2, 0) is 11.3 Å². The topological polar surface area (TPSA) is 68.0 Å². The van der Waals surface area contributed by atoms with Crippen molar-refractivity contribution in [3.05, 3.63) is 65.5 Å². The third-order valence-corrected chi connectivity index (χ3v) is 4.28. The molecule has 1 aromatic heterocycles. The Bertz CT molecular complexity index is 868. The fourth-order valence-corrected chi connectivity index (χ4v) is 2.75. The third kappa shape index (κ3) is 4.67. The molecule has 0 aliphatic heterocycles. The van der Waals surface area contributed by atoms with Crippen LogP contribution in [0.1, 0.15) is 11.1 Å². The molecule has 128 valence electrons. The molecule has 0 atom stereocenters. The minimum atomic E-state index is -0.253. The van der Waals surface area contributed by atoms with Crippen LogP contribution in [0, 0.1) is 12.7 Å². The molecule has 0 unspecified atom stereocenters. The number of thioether (sulfide) groups is 1. The number of halogens is 1. The fourth-order valence-electron chi connectivity index (χ4n) is 2.16. The molecule has 0 radical (unpaired) electrons. The van der Waals surface area contributed by atoms with Gasteiger partial charge >= 0.3 is 0 Å². The van der Waals surface area contributed by atoms with E-state index in [2.05, 4.69) is 15.5 Å². The van der Waals surface area contributed by atoms with Gasteiger partial charge < -0.3 is 9.73 Å². The molecule has 3 aromatic rings. The van der Waals surface area contributed by atoms with Gasteiger partial charge in [0.1, 0.15) is 5.82 Å². The highest BCUT2D eigenvalue weighted by molar-refractivity contribution is 7.99. The second kappa shape index (κ2) is 7.94. The standard InChI is InChI=1S/C18H16FN3O2S/c1-12-9-13(7-8-15(12)19)10-20-16(23)11-25-18-22-21-17(24-18)14-5-3-2-4-6-14/h2-9H,10-11H2,1H3,(H,20,23). The lowest BCUT2D eigenvalue weighted by Gasteiger charge is -2.05. The predicted molar refractivity (Wildman–Crippen MR) is 93.4 cm³/mol. The summed E-state index contributed by atoms with van der Waals surface area (Å²) in [6.45, 7) is 2.04. The van der Waals surface area contributed by atoms with Crippen molar-refractivity contribution in [3.8, 4) is 11.5 Å². The third-order valence-electron chi connectivity index (χ3n) is 3.47. The fraction of sp³-hybridized carbons (Fsp3) is 0.167. The van der Waals surface area contributed by atoms with Gasteiger partial charge in [-0.3, -0.25) is 4.79 Å². The highest BCUT2D eigenvalue weighted by Gasteiger charge is 2.11. The quantitative estimate of drug-likeness (QED) is 0.683. The molecule has 0 saturated carbocycles. The summed E-state index contributed by atoms with van der Waals surface area (Å²) in [6.07, 6.45) is 0. The Hall–Kier alpha value is -2.67. The Balaban J connectivity index is 1.49. The molecular formula is C18H16FN3O2S. The second-order valence-corrected chi connectivity index (χ2v) is 6.31. The van der Waals surface area contributed by atoms with Gasteiger partial charge in [0.05, 0.1) is 5.75 Å². The Labute approximate surface area is 148 Å². The number of aromatic nitrogens is 2. The van der Waals surface area contributed by atoms with Crippen molar-refractivity contribution in [1.29, 1.82) is 0 Å². The van der Waals surface area contributed by atoms with Gasteiger partial charge in [-0.2, -0.15) is 0 Å². The first-order valence-corrected chi connectivity index (χ1v) is 8.64. The minimum absolute atomic E-state index is 0.161. The summed E-state index contributed by atoms with van der Waals surface area (Å²) in [4.78, 5) is 11.9. The second-order valence-electron chi connectivity index (χ2n) is 5.39. The van der Waals surface area contributed by atoms with E-state index in [9.17, 15) is 9.18 Å². The number of nitrogens with zero attached hydrogens (tertiary/aromatic N) is 2. The number of nitrogens with one attached hydrogen (secondary N) is 1. The van der Waals surface area contributed by atoms with Crippen molar-refractivity contribution >= 4 is 17.7 Å². The van der Waals surface area contributed by atoms with Crippen LogP contribution in [0.3, 0.4) is 0 Å². The molecule has 25 heavy (non-hydrogen) atoms. The van der Waals surface area contributed by atoms with Gasteiger partial charge in [-0.1, -0.05) is 42.1 Å². The Morgan fingerprint density at radius 2 is 2.00 bits per heavy atom. The van der Waals surface area contributed by atoms with E-state index in [-0.39, 0.29) is 17.5 Å². The van der Waals surface area contributed by atoms with Crippen molar-refractivity contribution in [2.75, 3.05) is 5.75 Å². The first kappa shape index (κ1) is 17.2. The summed E-state index contributed by atoms with van der Waals surface area (Å²) in [5.41, 5.74) is 2.24. The summed E-state index contributed by atoms with van der Waals surface area (Å²) in [6, 6.07) is 14.2. The van der Waals surface area contributed by atoms with E-state index in [1.54, 1.807) is 19.1 Å². The number of carbonyl (C=O) groups is 1. The average Bonchev–Trinajstić information content (AvgIpc) is 3.11. The maximum Gasteiger partial charge on any atom is 0.277 e. The van der Waals surface area contributed by atoms with Crippen molar-refractivity contribution in [1.82, 2.24) is 15.5 Å². The zero-order valence-electron chi connectivity index (χ0n) is 13.5. The van der Waals surface area contributed by atoms with E-state index >= 15 is 0 Å². The lowest BCUT2D eigenvalue weighted by atomic mass is 10.1. The van der Waals surface area contributed by atoms with E-state index in [1.807, 2.05) is 30.3 Å². The molecule has 0 aliphatic carbocycles. The largest absolute Gasteiger partial charge is 0.411 e. The average molecular weight is 357 g/mol. The van der Waals surface area contributed by atoms with E-state index in [1.165, 1.54) is 17.8 Å². The molecule has 0 saturated heterocycles. The lowest BCUT2D eigenvalue weighted by Crippen LogP contribution is -2.24. The molecule has 2 aromatic carbocycles. The smallest absolute Gasteiger partial charge is 0.277 e. The number of rotatable bonds is 6. The normalized spacial score (nSPS) is 10.6. The summed E-state index contributed by atoms with van der Waals surface area (Å²) in [5.74, 6) is 0.171. The van der Waals surface area contributed by atoms with Crippen LogP contribution in [0.25, 0.3) is 11.5 Å². The first-order valence-electron chi connectivity index (χ1n) is 7.65. The van der Waals surface area contributed by atoms with Crippen LogP contribution in [0.5, 0.6) is 0 Å². The van der Waals surface area contributed by atoms with Gasteiger partial charge in [0.25, 0.3) is 5.22 Å². The van der Waals surface area contributed by atoms with E-state index in [4.69, 9.17) is 4.42 Å². The summed E-state index contributed by atoms with van der Waals surface area (Å²) in [5, 5.41) is 11.0. The van der Waals surface area contributed by atoms with E-state index in [0.29, 0.717) is 23.2 Å². The van der Waals surface area contributed by atoms with Crippen LogP contribution in [0.15, 0.2) is 58.2 Å². The highest BCUT2D eigenvalue weighted by atomic mass is 32.2. The SMILES string of the molecule is Cc1cc(CNC(=O)CSc2nnc(-c3ccccc3)o2)ccc1F. The van der Waals surface area contributed by atoms with Gasteiger partial charge in [0.2, 0.25) is 11.8 Å². The molecule has 0 bridgehead atoms. The molecule has 1 N–H and O–H groups in total.